The zero-order chi connectivity index (χ0) is 8.81. The summed E-state index contributed by atoms with van der Waals surface area (Å²) >= 11 is 1.89. The molecule has 0 aliphatic heterocycles. The number of ether oxygens (including phenoxy) is 1. The molecule has 2 nitrogen and oxygen atoms in total. The summed E-state index contributed by atoms with van der Waals surface area (Å²) in [6.45, 7) is 0.805. The molecule has 1 saturated carbocycles. The van der Waals surface area contributed by atoms with E-state index in [0.717, 1.165) is 18.8 Å². The Balaban J connectivity index is 2.18. The number of hydrogen-bond acceptors (Lipinski definition) is 3. The first-order valence-corrected chi connectivity index (χ1v) is 5.43. The number of nitriles is 1. The summed E-state index contributed by atoms with van der Waals surface area (Å²) in [5.74, 6) is 1.33. The maximum absolute atomic E-state index is 8.80. The van der Waals surface area contributed by atoms with Crippen LogP contribution in [0.2, 0.25) is 0 Å². The Hall–Kier alpha value is -0.200. The second-order valence-electron chi connectivity index (χ2n) is 3.07. The van der Waals surface area contributed by atoms with E-state index in [4.69, 9.17) is 10.00 Å². The van der Waals surface area contributed by atoms with E-state index in [9.17, 15) is 0 Å². The van der Waals surface area contributed by atoms with Crippen molar-refractivity contribution >= 4 is 11.8 Å². The minimum absolute atomic E-state index is 0.298. The minimum Gasteiger partial charge on any atom is -0.384 e. The lowest BCUT2D eigenvalue weighted by Crippen LogP contribution is -2.09. The molecule has 0 amide bonds. The molecule has 1 fully saturated rings. The van der Waals surface area contributed by atoms with Gasteiger partial charge >= 0.3 is 0 Å². The van der Waals surface area contributed by atoms with E-state index >= 15 is 0 Å². The molecular formula is C9H15NOS. The molecule has 3 heteroatoms. The Morgan fingerprint density at radius 2 is 2.42 bits per heavy atom. The molecule has 1 aliphatic rings. The molecular weight excluding hydrogens is 170 g/mol. The molecule has 0 saturated heterocycles. The van der Waals surface area contributed by atoms with E-state index in [0.29, 0.717) is 11.2 Å². The number of rotatable bonds is 4. The van der Waals surface area contributed by atoms with Gasteiger partial charge in [0.1, 0.15) is 0 Å². The van der Waals surface area contributed by atoms with Crippen LogP contribution in [0.25, 0.3) is 0 Å². The van der Waals surface area contributed by atoms with Crippen molar-refractivity contribution in [3.05, 3.63) is 0 Å². The van der Waals surface area contributed by atoms with Crippen molar-refractivity contribution in [1.29, 1.82) is 5.26 Å². The van der Waals surface area contributed by atoms with Gasteiger partial charge in [0.2, 0.25) is 0 Å². The van der Waals surface area contributed by atoms with Gasteiger partial charge in [-0.15, -0.1) is 0 Å². The van der Waals surface area contributed by atoms with Crippen LogP contribution in [-0.2, 0) is 4.74 Å². The van der Waals surface area contributed by atoms with Crippen LogP contribution in [0.5, 0.6) is 0 Å². The molecule has 0 heterocycles. The molecule has 12 heavy (non-hydrogen) atoms. The van der Waals surface area contributed by atoms with E-state index in [-0.39, 0.29) is 0 Å². The van der Waals surface area contributed by atoms with Gasteiger partial charge in [-0.1, -0.05) is 6.42 Å². The third-order valence-corrected chi connectivity index (χ3v) is 3.63. The lowest BCUT2D eigenvalue weighted by atomic mass is 10.1. The van der Waals surface area contributed by atoms with Crippen LogP contribution < -0.4 is 0 Å². The highest BCUT2D eigenvalue weighted by atomic mass is 32.2. The summed E-state index contributed by atoms with van der Waals surface area (Å²) < 4.78 is 4.97. The molecule has 0 radical (unpaired) electrons. The van der Waals surface area contributed by atoms with Crippen molar-refractivity contribution in [2.24, 2.45) is 5.92 Å². The van der Waals surface area contributed by atoms with Gasteiger partial charge in [0.15, 0.2) is 0 Å². The predicted molar refractivity (Wildman–Crippen MR) is 51.1 cm³/mol. The second kappa shape index (κ2) is 5.45. The van der Waals surface area contributed by atoms with Gasteiger partial charge in [-0.3, -0.25) is 0 Å². The van der Waals surface area contributed by atoms with Gasteiger partial charge in [-0.2, -0.15) is 17.0 Å². The molecule has 68 valence electrons. The summed E-state index contributed by atoms with van der Waals surface area (Å²) in [4.78, 5) is 0. The average molecular weight is 185 g/mol. The average Bonchev–Trinajstić information content (AvgIpc) is 2.52. The molecule has 0 N–H and O–H groups in total. The summed E-state index contributed by atoms with van der Waals surface area (Å²) in [5, 5.41) is 9.37. The second-order valence-corrected chi connectivity index (χ2v) is 4.42. The number of hydrogen-bond donors (Lipinski definition) is 0. The van der Waals surface area contributed by atoms with Crippen LogP contribution in [0, 0.1) is 17.2 Å². The van der Waals surface area contributed by atoms with Crippen LogP contribution in [0.1, 0.15) is 19.3 Å². The standard InChI is InChI=1S/C9H15NOS/c1-11-5-6-12-9-4-2-3-8(9)7-10/h8-9H,2-6H2,1H3. The van der Waals surface area contributed by atoms with Crippen LogP contribution >= 0.6 is 11.8 Å². The van der Waals surface area contributed by atoms with Crippen LogP contribution in [-0.4, -0.2) is 24.7 Å². The Bertz CT molecular complexity index is 166. The summed E-state index contributed by atoms with van der Waals surface area (Å²) in [6.07, 6.45) is 3.54. The summed E-state index contributed by atoms with van der Waals surface area (Å²) in [7, 11) is 1.72. The first kappa shape index (κ1) is 9.88. The molecule has 0 aromatic rings. The third kappa shape index (κ3) is 2.69. The highest BCUT2D eigenvalue weighted by Gasteiger charge is 2.26. The largest absolute Gasteiger partial charge is 0.384 e. The Labute approximate surface area is 78.3 Å². The summed E-state index contributed by atoms with van der Waals surface area (Å²) in [6, 6.07) is 2.38. The molecule has 0 aromatic carbocycles. The highest BCUT2D eigenvalue weighted by Crippen LogP contribution is 2.34. The number of thioether (sulfide) groups is 1. The predicted octanol–water partition coefficient (Wildman–Crippen LogP) is 2.06. The smallest absolute Gasteiger partial charge is 0.0667 e. The number of nitrogens with zero attached hydrogens (tertiary/aromatic N) is 1. The van der Waals surface area contributed by atoms with Crippen LogP contribution in [0.3, 0.4) is 0 Å². The quantitative estimate of drug-likeness (QED) is 0.628. The first-order valence-electron chi connectivity index (χ1n) is 4.38. The van der Waals surface area contributed by atoms with Crippen molar-refractivity contribution in [3.63, 3.8) is 0 Å². The van der Waals surface area contributed by atoms with E-state index in [1.165, 1.54) is 12.8 Å². The molecule has 2 unspecified atom stereocenters. The normalized spacial score (nSPS) is 28.7. The molecule has 0 bridgehead atoms. The fourth-order valence-electron chi connectivity index (χ4n) is 1.56. The Morgan fingerprint density at radius 3 is 3.08 bits per heavy atom. The fraction of sp³-hybridized carbons (Fsp3) is 0.889. The van der Waals surface area contributed by atoms with Gasteiger partial charge in [0.25, 0.3) is 0 Å². The van der Waals surface area contributed by atoms with Gasteiger partial charge in [-0.05, 0) is 12.8 Å². The van der Waals surface area contributed by atoms with E-state index in [1.807, 2.05) is 11.8 Å². The van der Waals surface area contributed by atoms with Crippen LogP contribution in [0.15, 0.2) is 0 Å². The van der Waals surface area contributed by atoms with Gasteiger partial charge in [0, 0.05) is 18.1 Å². The molecule has 0 aromatic heterocycles. The highest BCUT2D eigenvalue weighted by molar-refractivity contribution is 7.99. The van der Waals surface area contributed by atoms with Crippen molar-refractivity contribution in [3.8, 4) is 6.07 Å². The van der Waals surface area contributed by atoms with Gasteiger partial charge < -0.3 is 4.74 Å². The van der Waals surface area contributed by atoms with E-state index < -0.39 is 0 Å². The monoisotopic (exact) mass is 185 g/mol. The lowest BCUT2D eigenvalue weighted by Gasteiger charge is -2.11. The molecule has 1 rings (SSSR count). The van der Waals surface area contributed by atoms with E-state index in [1.54, 1.807) is 7.11 Å². The maximum Gasteiger partial charge on any atom is 0.0667 e. The fourth-order valence-corrected chi connectivity index (χ4v) is 2.88. The minimum atomic E-state index is 0.298. The zero-order valence-electron chi connectivity index (χ0n) is 7.45. The van der Waals surface area contributed by atoms with Crippen molar-refractivity contribution < 1.29 is 4.74 Å². The van der Waals surface area contributed by atoms with Gasteiger partial charge in [0.05, 0.1) is 18.6 Å². The molecule has 2 atom stereocenters. The van der Waals surface area contributed by atoms with Crippen LogP contribution in [0.4, 0.5) is 0 Å². The van der Waals surface area contributed by atoms with E-state index in [2.05, 4.69) is 6.07 Å². The lowest BCUT2D eigenvalue weighted by molar-refractivity contribution is 0.218. The molecule has 1 aliphatic carbocycles. The Kier molecular flexibility index (Phi) is 4.49. The maximum atomic E-state index is 8.80. The van der Waals surface area contributed by atoms with Crippen molar-refractivity contribution in [2.75, 3.05) is 19.5 Å². The third-order valence-electron chi connectivity index (χ3n) is 2.24. The topological polar surface area (TPSA) is 33.0 Å². The van der Waals surface area contributed by atoms with Gasteiger partial charge in [-0.25, -0.2) is 0 Å². The molecule has 0 spiro atoms. The SMILES string of the molecule is COCCSC1CCCC1C#N. The van der Waals surface area contributed by atoms with Crippen molar-refractivity contribution in [1.82, 2.24) is 0 Å². The number of methoxy groups -OCH3 is 1. The van der Waals surface area contributed by atoms with Crippen molar-refractivity contribution in [2.45, 2.75) is 24.5 Å². The zero-order valence-corrected chi connectivity index (χ0v) is 8.27. The Morgan fingerprint density at radius 1 is 1.58 bits per heavy atom. The summed E-state index contributed by atoms with van der Waals surface area (Å²) in [5.41, 5.74) is 0. The first-order chi connectivity index (χ1) is 5.88.